The van der Waals surface area contributed by atoms with Crippen molar-refractivity contribution in [2.45, 2.75) is 26.9 Å². The summed E-state index contributed by atoms with van der Waals surface area (Å²) in [6, 6.07) is 9.13. The summed E-state index contributed by atoms with van der Waals surface area (Å²) in [7, 11) is 3.96. The molecule has 0 spiro atoms. The third kappa shape index (κ3) is 5.63. The highest BCUT2D eigenvalue weighted by Gasteiger charge is 2.45. The van der Waals surface area contributed by atoms with Gasteiger partial charge in [0.25, 0.3) is 0 Å². The van der Waals surface area contributed by atoms with E-state index >= 15 is 0 Å². The monoisotopic (exact) mass is 490 g/mol. The molecule has 0 radical (unpaired) electrons. The third-order valence-corrected chi connectivity index (χ3v) is 5.53. The summed E-state index contributed by atoms with van der Waals surface area (Å²) in [5.74, 6) is -1.76. The van der Waals surface area contributed by atoms with Crippen molar-refractivity contribution >= 4 is 40.4 Å². The summed E-state index contributed by atoms with van der Waals surface area (Å²) in [6.07, 6.45) is 4.61. The van der Waals surface area contributed by atoms with E-state index in [9.17, 15) is 9.59 Å². The number of benzene rings is 1. The van der Waals surface area contributed by atoms with Crippen LogP contribution in [0.15, 0.2) is 53.5 Å². The molecule has 1 unspecified atom stereocenters. The SMILES string of the molecule is Cc1cc(OCCN(C)C)ccc1N=C1O/C(=C\c2c[nH]c3ncccc23)C(=O)C1C(=O)OC(C)C. The van der Waals surface area contributed by atoms with Crippen LogP contribution in [0.1, 0.15) is 25.0 Å². The van der Waals surface area contributed by atoms with Crippen molar-refractivity contribution in [2.24, 2.45) is 10.9 Å². The summed E-state index contributed by atoms with van der Waals surface area (Å²) in [6.45, 7) is 6.68. The number of carbonyl (C=O) groups excluding carboxylic acids is 2. The Labute approximate surface area is 209 Å². The lowest BCUT2D eigenvalue weighted by atomic mass is 10.0. The van der Waals surface area contributed by atoms with Crippen LogP contribution in [0.5, 0.6) is 5.75 Å². The van der Waals surface area contributed by atoms with Gasteiger partial charge < -0.3 is 24.1 Å². The topological polar surface area (TPSA) is 106 Å². The number of aromatic nitrogens is 2. The second-order valence-corrected chi connectivity index (χ2v) is 9.09. The molecule has 3 aromatic rings. The molecule has 3 heterocycles. The van der Waals surface area contributed by atoms with E-state index in [4.69, 9.17) is 14.2 Å². The van der Waals surface area contributed by atoms with Crippen molar-refractivity contribution in [3.8, 4) is 5.75 Å². The van der Waals surface area contributed by atoms with Gasteiger partial charge in [-0.05, 0) is 76.8 Å². The first-order valence-corrected chi connectivity index (χ1v) is 11.8. The van der Waals surface area contributed by atoms with Crippen molar-refractivity contribution in [3.05, 3.63) is 59.6 Å². The maximum Gasteiger partial charge on any atom is 0.326 e. The molecule has 1 saturated heterocycles. The first kappa shape index (κ1) is 25.1. The number of aryl methyl sites for hydroxylation is 1. The zero-order valence-corrected chi connectivity index (χ0v) is 21.1. The molecule has 0 saturated carbocycles. The lowest BCUT2D eigenvalue weighted by molar-refractivity contribution is -0.151. The Morgan fingerprint density at radius 2 is 2.11 bits per heavy atom. The molecule has 2 aromatic heterocycles. The fraction of sp³-hybridized carbons (Fsp3) is 0.333. The van der Waals surface area contributed by atoms with Crippen molar-refractivity contribution in [3.63, 3.8) is 0 Å². The molecule has 188 valence electrons. The van der Waals surface area contributed by atoms with Crippen LogP contribution in [0.3, 0.4) is 0 Å². The minimum absolute atomic E-state index is 0.0146. The van der Waals surface area contributed by atoms with Gasteiger partial charge in [0, 0.05) is 29.9 Å². The fourth-order valence-electron chi connectivity index (χ4n) is 3.72. The molecular weight excluding hydrogens is 460 g/mol. The van der Waals surface area contributed by atoms with Crippen LogP contribution in [0, 0.1) is 12.8 Å². The Balaban J connectivity index is 1.65. The van der Waals surface area contributed by atoms with Crippen LogP contribution in [-0.4, -0.2) is 65.9 Å². The number of rotatable bonds is 8. The van der Waals surface area contributed by atoms with Crippen LogP contribution in [0.2, 0.25) is 0 Å². The van der Waals surface area contributed by atoms with E-state index in [2.05, 4.69) is 15.0 Å². The maximum atomic E-state index is 13.3. The fourth-order valence-corrected chi connectivity index (χ4v) is 3.72. The van der Waals surface area contributed by atoms with Crippen molar-refractivity contribution in [1.29, 1.82) is 0 Å². The average Bonchev–Trinajstić information content (AvgIpc) is 3.36. The Bertz CT molecular complexity index is 1340. The van der Waals surface area contributed by atoms with Crippen molar-refractivity contribution < 1.29 is 23.8 Å². The number of nitrogens with one attached hydrogen (secondary N) is 1. The number of nitrogens with zero attached hydrogens (tertiary/aromatic N) is 3. The van der Waals surface area contributed by atoms with Gasteiger partial charge in [0.15, 0.2) is 11.7 Å². The predicted molar refractivity (Wildman–Crippen MR) is 137 cm³/mol. The van der Waals surface area contributed by atoms with Gasteiger partial charge in [-0.2, -0.15) is 0 Å². The highest BCUT2D eigenvalue weighted by Crippen LogP contribution is 2.31. The van der Waals surface area contributed by atoms with E-state index in [0.717, 1.165) is 17.5 Å². The van der Waals surface area contributed by atoms with Gasteiger partial charge in [-0.1, -0.05) is 0 Å². The predicted octanol–water partition coefficient (Wildman–Crippen LogP) is 4.05. The highest BCUT2D eigenvalue weighted by molar-refractivity contribution is 6.27. The first-order chi connectivity index (χ1) is 17.2. The molecule has 4 rings (SSSR count). The molecule has 1 aromatic carbocycles. The van der Waals surface area contributed by atoms with E-state index < -0.39 is 17.7 Å². The van der Waals surface area contributed by atoms with E-state index in [-0.39, 0.29) is 17.8 Å². The van der Waals surface area contributed by atoms with Crippen LogP contribution in [-0.2, 0) is 19.1 Å². The van der Waals surface area contributed by atoms with Gasteiger partial charge in [0.2, 0.25) is 11.7 Å². The quantitative estimate of drug-likeness (QED) is 0.288. The van der Waals surface area contributed by atoms with Gasteiger partial charge in [0.1, 0.15) is 18.0 Å². The number of aliphatic imine (C=N–C) groups is 1. The van der Waals surface area contributed by atoms with Crippen LogP contribution in [0.4, 0.5) is 5.69 Å². The van der Waals surface area contributed by atoms with Gasteiger partial charge in [-0.15, -0.1) is 0 Å². The zero-order chi connectivity index (χ0) is 25.8. The molecule has 9 heteroatoms. The van der Waals surface area contributed by atoms with Gasteiger partial charge in [0.05, 0.1) is 11.8 Å². The molecule has 9 nitrogen and oxygen atoms in total. The molecule has 1 aliphatic rings. The lowest BCUT2D eigenvalue weighted by Gasteiger charge is -2.13. The molecule has 0 aliphatic carbocycles. The van der Waals surface area contributed by atoms with E-state index in [1.54, 1.807) is 44.4 Å². The van der Waals surface area contributed by atoms with Gasteiger partial charge >= 0.3 is 5.97 Å². The van der Waals surface area contributed by atoms with Crippen molar-refractivity contribution in [1.82, 2.24) is 14.9 Å². The summed E-state index contributed by atoms with van der Waals surface area (Å²) >= 11 is 0. The summed E-state index contributed by atoms with van der Waals surface area (Å²) < 4.78 is 17.0. The molecule has 1 aliphatic heterocycles. The van der Waals surface area contributed by atoms with Gasteiger partial charge in [-0.25, -0.2) is 9.98 Å². The summed E-state index contributed by atoms with van der Waals surface area (Å²) in [5.41, 5.74) is 2.78. The molecule has 1 fully saturated rings. The van der Waals surface area contributed by atoms with Crippen molar-refractivity contribution in [2.75, 3.05) is 27.2 Å². The standard InChI is InChI=1S/C27H30N4O5/c1-16(2)35-27(33)23-24(32)22(14-18-15-29-25-20(18)7-6-10-28-25)36-26(23)30-21-9-8-19(13-17(21)3)34-12-11-31(4)5/h6-10,13-16,23H,11-12H2,1-5H3,(H,28,29)/b22-14-,30-26?. The number of hydrogen-bond acceptors (Lipinski definition) is 8. The number of fused-ring (bicyclic) bond motifs is 1. The number of H-pyrrole nitrogens is 1. The number of hydrogen-bond donors (Lipinski definition) is 1. The highest BCUT2D eigenvalue weighted by atomic mass is 16.6. The Morgan fingerprint density at radius 1 is 1.31 bits per heavy atom. The molecule has 1 N–H and O–H groups in total. The number of likely N-dealkylation sites (N-methyl/N-ethyl adjacent to an activating group) is 1. The molecule has 0 amide bonds. The van der Waals surface area contributed by atoms with Crippen LogP contribution >= 0.6 is 0 Å². The molecule has 1 atom stereocenters. The number of ether oxygens (including phenoxy) is 3. The first-order valence-electron chi connectivity index (χ1n) is 11.8. The van der Waals surface area contributed by atoms with E-state index in [1.165, 1.54) is 0 Å². The Kier molecular flexibility index (Phi) is 7.49. The third-order valence-electron chi connectivity index (χ3n) is 5.53. The number of aromatic amines is 1. The minimum Gasteiger partial charge on any atom is -0.492 e. The normalized spacial score (nSPS) is 18.0. The van der Waals surface area contributed by atoms with Crippen LogP contribution < -0.4 is 4.74 Å². The maximum absolute atomic E-state index is 13.3. The number of pyridine rings is 1. The van der Waals surface area contributed by atoms with Crippen LogP contribution in [0.25, 0.3) is 17.1 Å². The number of allylic oxidation sites excluding steroid dienone is 1. The average molecular weight is 491 g/mol. The van der Waals surface area contributed by atoms with Gasteiger partial charge in [-0.3, -0.25) is 9.59 Å². The lowest BCUT2D eigenvalue weighted by Crippen LogP contribution is -2.29. The van der Waals surface area contributed by atoms with E-state index in [0.29, 0.717) is 29.3 Å². The minimum atomic E-state index is -1.28. The number of carbonyl (C=O) groups is 2. The number of Topliss-reactive ketones (excluding diaryl/α,β-unsaturated/α-hetero) is 1. The molecule has 0 bridgehead atoms. The van der Waals surface area contributed by atoms with E-state index in [1.807, 2.05) is 44.1 Å². The second kappa shape index (κ2) is 10.7. The summed E-state index contributed by atoms with van der Waals surface area (Å²) in [4.78, 5) is 40.1. The zero-order valence-electron chi connectivity index (χ0n) is 21.1. The number of ketones is 1. The molecule has 36 heavy (non-hydrogen) atoms. The smallest absolute Gasteiger partial charge is 0.326 e. The second-order valence-electron chi connectivity index (χ2n) is 9.09. The Morgan fingerprint density at radius 3 is 2.83 bits per heavy atom. The largest absolute Gasteiger partial charge is 0.492 e. The Hall–Kier alpha value is -3.98. The molecular formula is C27H30N4O5. The summed E-state index contributed by atoms with van der Waals surface area (Å²) in [5, 5.41) is 0.828. The number of esters is 1.